The lowest BCUT2D eigenvalue weighted by Gasteiger charge is -2.34. The number of piperidine rings is 1. The maximum atomic E-state index is 13.1. The number of carbonyl (C=O) groups excluding carboxylic acids is 1. The van der Waals surface area contributed by atoms with Gasteiger partial charge in [-0.2, -0.15) is 11.3 Å². The van der Waals surface area contributed by atoms with E-state index in [-0.39, 0.29) is 17.1 Å². The number of nitrogens with zero attached hydrogens (tertiary/aromatic N) is 1. The van der Waals surface area contributed by atoms with Crippen LogP contribution >= 0.6 is 11.3 Å². The molecule has 4 heteroatoms. The number of likely N-dealkylation sites (tertiary alicyclic amines) is 1. The average molecular weight is 329 g/mol. The molecule has 0 spiro atoms. The molecule has 1 aromatic carbocycles. The molecular formula is C19H20FNOS. The first-order chi connectivity index (χ1) is 11.2. The number of halogens is 1. The maximum Gasteiger partial charge on any atom is 0.233 e. The molecule has 0 bridgehead atoms. The van der Waals surface area contributed by atoms with Gasteiger partial charge in [-0.15, -0.1) is 0 Å². The first-order valence-corrected chi connectivity index (χ1v) is 9.21. The summed E-state index contributed by atoms with van der Waals surface area (Å²) in [5, 5.41) is 4.35. The number of thiophene rings is 1. The van der Waals surface area contributed by atoms with Crippen molar-refractivity contribution in [1.82, 2.24) is 4.90 Å². The van der Waals surface area contributed by atoms with Gasteiger partial charge in [0.15, 0.2) is 0 Å². The first kappa shape index (κ1) is 14.9. The van der Waals surface area contributed by atoms with Gasteiger partial charge in [0.05, 0.1) is 5.41 Å². The molecule has 0 unspecified atom stereocenters. The molecule has 1 saturated heterocycles. The van der Waals surface area contributed by atoms with Crippen LogP contribution in [0.2, 0.25) is 0 Å². The fraction of sp³-hybridized carbons (Fsp3) is 0.421. The molecule has 1 aliphatic heterocycles. The third-order valence-corrected chi connectivity index (χ3v) is 6.05. The Kier molecular flexibility index (Phi) is 3.72. The summed E-state index contributed by atoms with van der Waals surface area (Å²) in [6, 6.07) is 8.68. The molecule has 0 radical (unpaired) electrons. The van der Waals surface area contributed by atoms with Crippen LogP contribution in [0.4, 0.5) is 4.39 Å². The van der Waals surface area contributed by atoms with Crippen molar-refractivity contribution in [3.63, 3.8) is 0 Å². The van der Waals surface area contributed by atoms with Gasteiger partial charge in [0.25, 0.3) is 0 Å². The summed E-state index contributed by atoms with van der Waals surface area (Å²) in [5.41, 5.74) is 2.02. The van der Waals surface area contributed by atoms with Crippen LogP contribution in [-0.4, -0.2) is 23.9 Å². The van der Waals surface area contributed by atoms with Crippen molar-refractivity contribution in [3.05, 3.63) is 58.0 Å². The minimum Gasteiger partial charge on any atom is -0.342 e. The van der Waals surface area contributed by atoms with Gasteiger partial charge in [0.2, 0.25) is 5.91 Å². The highest BCUT2D eigenvalue weighted by Crippen LogP contribution is 2.50. The number of hydrogen-bond acceptors (Lipinski definition) is 2. The Bertz CT molecular complexity index is 683. The van der Waals surface area contributed by atoms with Crippen LogP contribution in [0.3, 0.4) is 0 Å². The Morgan fingerprint density at radius 1 is 1.13 bits per heavy atom. The summed E-state index contributed by atoms with van der Waals surface area (Å²) in [4.78, 5) is 15.0. The average Bonchev–Trinajstić information content (AvgIpc) is 3.21. The van der Waals surface area contributed by atoms with E-state index >= 15 is 0 Å². The van der Waals surface area contributed by atoms with Crippen molar-refractivity contribution < 1.29 is 9.18 Å². The second kappa shape index (κ2) is 5.75. The molecule has 2 heterocycles. The minimum absolute atomic E-state index is 0.242. The van der Waals surface area contributed by atoms with Gasteiger partial charge in [0, 0.05) is 13.1 Å². The van der Waals surface area contributed by atoms with Crippen LogP contribution in [0.25, 0.3) is 0 Å². The monoisotopic (exact) mass is 329 g/mol. The molecule has 120 valence electrons. The maximum absolute atomic E-state index is 13.1. The van der Waals surface area contributed by atoms with Crippen molar-refractivity contribution in [2.75, 3.05) is 13.1 Å². The fourth-order valence-electron chi connectivity index (χ4n) is 3.75. The summed E-state index contributed by atoms with van der Waals surface area (Å²) in [7, 11) is 0. The van der Waals surface area contributed by atoms with Crippen LogP contribution in [0, 0.1) is 5.82 Å². The van der Waals surface area contributed by atoms with Gasteiger partial charge >= 0.3 is 0 Å². The van der Waals surface area contributed by atoms with E-state index in [1.165, 1.54) is 17.7 Å². The second-order valence-corrected chi connectivity index (χ2v) is 7.49. The van der Waals surface area contributed by atoms with Gasteiger partial charge in [-0.25, -0.2) is 4.39 Å². The molecule has 0 N–H and O–H groups in total. The molecule has 1 aromatic heterocycles. The highest BCUT2D eigenvalue weighted by Gasteiger charge is 2.53. The molecule has 1 aliphatic carbocycles. The lowest BCUT2D eigenvalue weighted by Crippen LogP contribution is -2.43. The molecule has 23 heavy (non-hydrogen) atoms. The van der Waals surface area contributed by atoms with Crippen molar-refractivity contribution in [3.8, 4) is 0 Å². The molecular weight excluding hydrogens is 309 g/mol. The van der Waals surface area contributed by atoms with Crippen LogP contribution in [-0.2, 0) is 10.2 Å². The second-order valence-electron chi connectivity index (χ2n) is 6.71. The molecule has 1 saturated carbocycles. The Morgan fingerprint density at radius 3 is 2.39 bits per heavy atom. The normalized spacial score (nSPS) is 20.5. The standard InChI is InChI=1S/C19H20FNOS/c20-17-3-1-16(2-4-17)19(8-9-19)18(22)21-10-5-14(6-11-21)15-7-12-23-13-15/h1-4,7,12-14H,5-6,8-11H2. The van der Waals surface area contributed by atoms with Crippen LogP contribution in [0.15, 0.2) is 41.1 Å². The third kappa shape index (κ3) is 2.69. The molecule has 0 atom stereocenters. The molecule has 2 aliphatic rings. The zero-order valence-electron chi connectivity index (χ0n) is 13.0. The van der Waals surface area contributed by atoms with Crippen molar-refractivity contribution in [2.24, 2.45) is 0 Å². The number of amides is 1. The zero-order chi connectivity index (χ0) is 15.9. The quantitative estimate of drug-likeness (QED) is 0.821. The molecule has 4 rings (SSSR count). The molecule has 2 fully saturated rings. The minimum atomic E-state index is -0.372. The lowest BCUT2D eigenvalue weighted by atomic mass is 9.89. The van der Waals surface area contributed by atoms with Gasteiger partial charge in [-0.05, 0) is 71.7 Å². The highest BCUT2D eigenvalue weighted by molar-refractivity contribution is 7.07. The molecule has 2 aromatic rings. The van der Waals surface area contributed by atoms with Crippen LogP contribution < -0.4 is 0 Å². The highest BCUT2D eigenvalue weighted by atomic mass is 32.1. The summed E-state index contributed by atoms with van der Waals surface area (Å²) in [6.45, 7) is 1.67. The van der Waals surface area contributed by atoms with Gasteiger partial charge in [-0.1, -0.05) is 12.1 Å². The summed E-state index contributed by atoms with van der Waals surface area (Å²) >= 11 is 1.74. The van der Waals surface area contributed by atoms with Gasteiger partial charge in [-0.3, -0.25) is 4.79 Å². The Hall–Kier alpha value is -1.68. The Labute approximate surface area is 139 Å². The van der Waals surface area contributed by atoms with Gasteiger partial charge in [0.1, 0.15) is 5.82 Å². The van der Waals surface area contributed by atoms with E-state index in [2.05, 4.69) is 16.8 Å². The predicted octanol–water partition coefficient (Wildman–Crippen LogP) is 4.33. The van der Waals surface area contributed by atoms with E-state index in [0.717, 1.165) is 44.3 Å². The van der Waals surface area contributed by atoms with Gasteiger partial charge < -0.3 is 4.90 Å². The Balaban J connectivity index is 1.45. The van der Waals surface area contributed by atoms with E-state index < -0.39 is 0 Å². The zero-order valence-corrected chi connectivity index (χ0v) is 13.8. The number of benzene rings is 1. The van der Waals surface area contributed by atoms with Crippen molar-refractivity contribution in [1.29, 1.82) is 0 Å². The number of rotatable bonds is 3. The van der Waals surface area contributed by atoms with E-state index in [1.54, 1.807) is 23.5 Å². The lowest BCUT2D eigenvalue weighted by molar-refractivity contribution is -0.135. The smallest absolute Gasteiger partial charge is 0.233 e. The summed E-state index contributed by atoms with van der Waals surface area (Å²) in [5.74, 6) is 0.590. The van der Waals surface area contributed by atoms with Crippen molar-refractivity contribution >= 4 is 17.2 Å². The molecule has 1 amide bonds. The van der Waals surface area contributed by atoms with E-state index in [9.17, 15) is 9.18 Å². The SMILES string of the molecule is O=C(N1CCC(c2ccsc2)CC1)C1(c2ccc(F)cc2)CC1. The van der Waals surface area contributed by atoms with Crippen LogP contribution in [0.5, 0.6) is 0 Å². The van der Waals surface area contributed by atoms with E-state index in [4.69, 9.17) is 0 Å². The van der Waals surface area contributed by atoms with E-state index in [0.29, 0.717) is 5.92 Å². The number of carbonyl (C=O) groups is 1. The largest absolute Gasteiger partial charge is 0.342 e. The number of hydrogen-bond donors (Lipinski definition) is 0. The summed E-state index contributed by atoms with van der Waals surface area (Å²) in [6.07, 6.45) is 3.87. The van der Waals surface area contributed by atoms with Crippen molar-refractivity contribution in [2.45, 2.75) is 37.0 Å². The summed E-state index contributed by atoms with van der Waals surface area (Å²) < 4.78 is 13.1. The Morgan fingerprint density at radius 2 is 1.83 bits per heavy atom. The predicted molar refractivity (Wildman–Crippen MR) is 90.2 cm³/mol. The van der Waals surface area contributed by atoms with Crippen LogP contribution in [0.1, 0.15) is 42.7 Å². The third-order valence-electron chi connectivity index (χ3n) is 5.35. The molecule has 2 nitrogen and oxygen atoms in total. The topological polar surface area (TPSA) is 20.3 Å². The van der Waals surface area contributed by atoms with E-state index in [1.807, 2.05) is 4.90 Å². The first-order valence-electron chi connectivity index (χ1n) is 8.26. The fourth-order valence-corrected chi connectivity index (χ4v) is 4.49.